The van der Waals surface area contributed by atoms with Crippen LogP contribution in [0.5, 0.6) is 0 Å². The van der Waals surface area contributed by atoms with E-state index in [2.05, 4.69) is 20.8 Å². The minimum absolute atomic E-state index is 0.0177. The van der Waals surface area contributed by atoms with Crippen molar-refractivity contribution in [3.63, 3.8) is 0 Å². The minimum Gasteiger partial charge on any atom is -0.375 e. The third-order valence-electron chi connectivity index (χ3n) is 6.32. The van der Waals surface area contributed by atoms with Gasteiger partial charge in [0.2, 0.25) is 0 Å². The molecule has 4 nitrogen and oxygen atoms in total. The molecule has 4 heteroatoms. The van der Waals surface area contributed by atoms with Crippen LogP contribution in [0.25, 0.3) is 0 Å². The van der Waals surface area contributed by atoms with Gasteiger partial charge in [-0.2, -0.15) is 0 Å². The van der Waals surface area contributed by atoms with E-state index in [4.69, 9.17) is 0 Å². The lowest BCUT2D eigenvalue weighted by molar-refractivity contribution is -0.136. The number of nitrogens with zero attached hydrogens (tertiary/aromatic N) is 1. The molecule has 1 atom stereocenters. The van der Waals surface area contributed by atoms with Gasteiger partial charge in [-0.05, 0) is 35.1 Å². The highest BCUT2D eigenvalue weighted by atomic mass is 16.3. The molecule has 0 bridgehead atoms. The first kappa shape index (κ1) is 22.0. The summed E-state index contributed by atoms with van der Waals surface area (Å²) in [6.45, 7) is 8.69. The zero-order valence-corrected chi connectivity index (χ0v) is 19.1. The summed E-state index contributed by atoms with van der Waals surface area (Å²) < 4.78 is 0. The number of hydrogen-bond acceptors (Lipinski definition) is 3. The van der Waals surface area contributed by atoms with Crippen molar-refractivity contribution in [3.8, 4) is 0 Å². The fourth-order valence-electron chi connectivity index (χ4n) is 4.28. The Morgan fingerprint density at radius 3 is 2.22 bits per heavy atom. The number of para-hydroxylation sites is 1. The van der Waals surface area contributed by atoms with Gasteiger partial charge in [0.25, 0.3) is 5.91 Å². The molecule has 0 radical (unpaired) electrons. The smallest absolute Gasteiger partial charge is 0.264 e. The lowest BCUT2D eigenvalue weighted by atomic mass is 9.85. The molecule has 0 fully saturated rings. The number of Topliss-reactive ketones (excluding diaryl/α,β-unsaturated/α-hetero) is 1. The number of aliphatic hydroxyl groups is 1. The molecule has 1 heterocycles. The second-order valence-electron chi connectivity index (χ2n) is 9.62. The van der Waals surface area contributed by atoms with E-state index >= 15 is 0 Å². The average Bonchev–Trinajstić information content (AvgIpc) is 2.97. The van der Waals surface area contributed by atoms with Crippen molar-refractivity contribution in [2.75, 3.05) is 4.90 Å². The number of benzene rings is 3. The van der Waals surface area contributed by atoms with Gasteiger partial charge >= 0.3 is 0 Å². The first-order valence-corrected chi connectivity index (χ1v) is 10.9. The Morgan fingerprint density at radius 2 is 1.56 bits per heavy atom. The van der Waals surface area contributed by atoms with Gasteiger partial charge in [-0.15, -0.1) is 0 Å². The summed E-state index contributed by atoms with van der Waals surface area (Å²) in [6.07, 6.45) is -0.290. The van der Waals surface area contributed by atoms with Gasteiger partial charge in [0.05, 0.1) is 18.7 Å². The maximum absolute atomic E-state index is 13.5. The van der Waals surface area contributed by atoms with Crippen LogP contribution in [0.1, 0.15) is 59.8 Å². The van der Waals surface area contributed by atoms with E-state index < -0.39 is 11.5 Å². The fraction of sp³-hybridized carbons (Fsp3) is 0.286. The van der Waals surface area contributed by atoms with E-state index in [0.29, 0.717) is 23.4 Å². The molecule has 0 spiro atoms. The number of anilines is 1. The number of ketones is 1. The molecule has 3 aromatic carbocycles. The van der Waals surface area contributed by atoms with Crippen LogP contribution in [0.15, 0.2) is 72.8 Å². The monoisotopic (exact) mass is 427 g/mol. The molecular weight excluding hydrogens is 398 g/mol. The SMILES string of the molecule is Cc1ccccc1CN1C(=O)C(O)(CC(=O)c2ccc(C(C)(C)C)cc2)c2ccccc21. The standard InChI is InChI=1S/C28H29NO3/c1-19-9-5-6-10-21(19)18-29-24-12-8-7-11-23(24)28(32,26(29)31)17-25(30)20-13-15-22(16-14-20)27(2,3)4/h5-16,32H,17-18H2,1-4H3. The van der Waals surface area contributed by atoms with E-state index in [0.717, 1.165) is 16.7 Å². The molecule has 0 aromatic heterocycles. The number of hydrogen-bond donors (Lipinski definition) is 1. The van der Waals surface area contributed by atoms with Gasteiger partial charge in [-0.25, -0.2) is 0 Å². The Labute approximate surface area is 189 Å². The number of fused-ring (bicyclic) bond motifs is 1. The Kier molecular flexibility index (Phi) is 5.51. The lowest BCUT2D eigenvalue weighted by Gasteiger charge is -2.23. The second kappa shape index (κ2) is 8.03. The topological polar surface area (TPSA) is 57.6 Å². The third-order valence-corrected chi connectivity index (χ3v) is 6.32. The Bertz CT molecular complexity index is 1170. The van der Waals surface area contributed by atoms with Gasteiger partial charge in [0.1, 0.15) is 0 Å². The molecule has 164 valence electrons. The maximum Gasteiger partial charge on any atom is 0.264 e. The van der Waals surface area contributed by atoms with Crippen molar-refractivity contribution in [1.82, 2.24) is 0 Å². The van der Waals surface area contributed by atoms with E-state index in [9.17, 15) is 14.7 Å². The first-order valence-electron chi connectivity index (χ1n) is 10.9. The van der Waals surface area contributed by atoms with Crippen molar-refractivity contribution in [2.24, 2.45) is 0 Å². The normalized spacial score (nSPS) is 18.0. The van der Waals surface area contributed by atoms with Crippen molar-refractivity contribution in [2.45, 2.75) is 51.7 Å². The molecule has 1 amide bonds. The zero-order chi connectivity index (χ0) is 23.1. The van der Waals surface area contributed by atoms with Crippen LogP contribution in [-0.4, -0.2) is 16.8 Å². The summed E-state index contributed by atoms with van der Waals surface area (Å²) in [5.74, 6) is -0.713. The van der Waals surface area contributed by atoms with Gasteiger partial charge in [-0.3, -0.25) is 9.59 Å². The molecule has 0 saturated heterocycles. The highest BCUT2D eigenvalue weighted by Crippen LogP contribution is 2.43. The van der Waals surface area contributed by atoms with Crippen molar-refractivity contribution < 1.29 is 14.7 Å². The van der Waals surface area contributed by atoms with Crippen molar-refractivity contribution in [3.05, 3.63) is 101 Å². The first-order chi connectivity index (χ1) is 15.1. The molecule has 1 aliphatic heterocycles. The molecule has 4 rings (SSSR count). The Hall–Kier alpha value is -3.24. The second-order valence-corrected chi connectivity index (χ2v) is 9.62. The molecule has 32 heavy (non-hydrogen) atoms. The number of aryl methyl sites for hydroxylation is 1. The highest BCUT2D eigenvalue weighted by Gasteiger charge is 2.50. The van der Waals surface area contributed by atoms with Crippen LogP contribution >= 0.6 is 0 Å². The van der Waals surface area contributed by atoms with Crippen LogP contribution in [0.4, 0.5) is 5.69 Å². The maximum atomic E-state index is 13.5. The van der Waals surface area contributed by atoms with E-state index in [1.54, 1.807) is 29.2 Å². The molecule has 3 aromatic rings. The van der Waals surface area contributed by atoms with Gasteiger partial charge < -0.3 is 10.0 Å². The third kappa shape index (κ3) is 3.87. The molecule has 0 saturated carbocycles. The molecule has 1 unspecified atom stereocenters. The van der Waals surface area contributed by atoms with Crippen LogP contribution in [-0.2, 0) is 22.4 Å². The summed E-state index contributed by atoms with van der Waals surface area (Å²) >= 11 is 0. The Morgan fingerprint density at radius 1 is 0.938 bits per heavy atom. The highest BCUT2D eigenvalue weighted by molar-refractivity contribution is 6.10. The van der Waals surface area contributed by atoms with E-state index in [-0.39, 0.29) is 17.6 Å². The summed E-state index contributed by atoms with van der Waals surface area (Å²) in [7, 11) is 0. The zero-order valence-electron chi connectivity index (χ0n) is 19.1. The minimum atomic E-state index is -1.88. The van der Waals surface area contributed by atoms with Crippen LogP contribution < -0.4 is 4.90 Å². The molecule has 1 aliphatic rings. The van der Waals surface area contributed by atoms with E-state index in [1.165, 1.54) is 0 Å². The molecule has 0 aliphatic carbocycles. The van der Waals surface area contributed by atoms with Crippen LogP contribution in [0.2, 0.25) is 0 Å². The summed E-state index contributed by atoms with van der Waals surface area (Å²) in [5, 5.41) is 11.5. The van der Waals surface area contributed by atoms with E-state index in [1.807, 2.05) is 55.5 Å². The summed E-state index contributed by atoms with van der Waals surface area (Å²) in [6, 6.07) is 22.5. The van der Waals surface area contributed by atoms with Gasteiger partial charge in [-0.1, -0.05) is 87.5 Å². The van der Waals surface area contributed by atoms with Crippen LogP contribution in [0, 0.1) is 6.92 Å². The number of amides is 1. The average molecular weight is 428 g/mol. The summed E-state index contributed by atoms with van der Waals surface area (Å²) in [5.41, 5.74) is 2.94. The van der Waals surface area contributed by atoms with Gasteiger partial charge in [0.15, 0.2) is 11.4 Å². The molecular formula is C28H29NO3. The Balaban J connectivity index is 1.64. The van der Waals surface area contributed by atoms with Crippen LogP contribution in [0.3, 0.4) is 0 Å². The molecule has 1 N–H and O–H groups in total. The number of carbonyl (C=O) groups excluding carboxylic acids is 2. The number of rotatable bonds is 5. The summed E-state index contributed by atoms with van der Waals surface area (Å²) in [4.78, 5) is 28.2. The predicted octanol–water partition coefficient (Wildman–Crippen LogP) is 5.30. The van der Waals surface area contributed by atoms with Gasteiger partial charge in [0, 0.05) is 11.1 Å². The fourth-order valence-corrected chi connectivity index (χ4v) is 4.28. The van der Waals surface area contributed by atoms with Crippen molar-refractivity contribution in [1.29, 1.82) is 0 Å². The number of carbonyl (C=O) groups is 2. The largest absolute Gasteiger partial charge is 0.375 e. The van der Waals surface area contributed by atoms with Crippen molar-refractivity contribution >= 4 is 17.4 Å². The lowest BCUT2D eigenvalue weighted by Crippen LogP contribution is -2.41. The quantitative estimate of drug-likeness (QED) is 0.562. The predicted molar refractivity (Wildman–Crippen MR) is 127 cm³/mol.